The molecule has 0 aromatic heterocycles. The lowest BCUT2D eigenvalue weighted by Crippen LogP contribution is -2.51. The van der Waals surface area contributed by atoms with Crippen molar-refractivity contribution in [3.05, 3.63) is 65.2 Å². The minimum absolute atomic E-state index is 0.198. The third-order valence-corrected chi connectivity index (χ3v) is 7.29. The van der Waals surface area contributed by atoms with Crippen LogP contribution in [0.15, 0.2) is 53.4 Å². The first-order valence-corrected chi connectivity index (χ1v) is 10.7. The van der Waals surface area contributed by atoms with E-state index >= 15 is 0 Å². The zero-order valence-corrected chi connectivity index (χ0v) is 16.8. The molecule has 0 bridgehead atoms. The molecule has 0 fully saturated rings. The number of nitrogens with one attached hydrogen (secondary N) is 1. The second-order valence-corrected chi connectivity index (χ2v) is 8.92. The Balaban J connectivity index is 1.99. The van der Waals surface area contributed by atoms with Gasteiger partial charge < -0.3 is 5.32 Å². The van der Waals surface area contributed by atoms with E-state index in [1.165, 1.54) is 11.4 Å². The molecule has 1 aliphatic rings. The maximum absolute atomic E-state index is 13.3. The number of rotatable bonds is 5. The number of sulfonamides is 1. The second-order valence-electron chi connectivity index (χ2n) is 7.03. The summed E-state index contributed by atoms with van der Waals surface area (Å²) in [6.45, 7) is 4.42. The van der Waals surface area contributed by atoms with Gasteiger partial charge in [0.25, 0.3) is 0 Å². The predicted octanol–water partition coefficient (Wildman–Crippen LogP) is 3.06. The van der Waals surface area contributed by atoms with Crippen LogP contribution < -0.4 is 5.32 Å². The van der Waals surface area contributed by atoms with Gasteiger partial charge in [-0.25, -0.2) is 8.42 Å². The standard InChI is InChI=1S/C21H26N2O3S/c1-4-15(2)16-9-11-19(12-10-16)27(25,26)23-14-18-8-6-5-7-17(18)13-20(23)21(24)22-3/h5-12,15,20H,4,13-14H2,1-3H3,(H,22,24)/t15-,20+/m1/s1. The first kappa shape index (κ1) is 19.6. The highest BCUT2D eigenvalue weighted by Gasteiger charge is 2.39. The van der Waals surface area contributed by atoms with Crippen LogP contribution in [0.3, 0.4) is 0 Å². The van der Waals surface area contributed by atoms with Gasteiger partial charge in [-0.15, -0.1) is 0 Å². The molecule has 0 saturated heterocycles. The monoisotopic (exact) mass is 386 g/mol. The van der Waals surface area contributed by atoms with Gasteiger partial charge in [-0.1, -0.05) is 50.2 Å². The summed E-state index contributed by atoms with van der Waals surface area (Å²) in [6, 6.07) is 14.0. The third-order valence-electron chi connectivity index (χ3n) is 5.42. The largest absolute Gasteiger partial charge is 0.358 e. The van der Waals surface area contributed by atoms with E-state index in [2.05, 4.69) is 19.2 Å². The van der Waals surface area contributed by atoms with E-state index in [0.29, 0.717) is 12.3 Å². The van der Waals surface area contributed by atoms with Crippen molar-refractivity contribution >= 4 is 15.9 Å². The molecule has 27 heavy (non-hydrogen) atoms. The van der Waals surface area contributed by atoms with Gasteiger partial charge in [0.1, 0.15) is 6.04 Å². The van der Waals surface area contributed by atoms with Gasteiger partial charge in [0.15, 0.2) is 0 Å². The molecule has 2 aromatic rings. The first-order chi connectivity index (χ1) is 12.9. The van der Waals surface area contributed by atoms with Crippen LogP contribution in [0.2, 0.25) is 0 Å². The van der Waals surface area contributed by atoms with Gasteiger partial charge in [-0.2, -0.15) is 4.31 Å². The molecule has 144 valence electrons. The number of carbonyl (C=O) groups excluding carboxylic acids is 1. The quantitative estimate of drug-likeness (QED) is 0.859. The maximum Gasteiger partial charge on any atom is 0.244 e. The first-order valence-electron chi connectivity index (χ1n) is 9.28. The molecule has 6 heteroatoms. The van der Waals surface area contributed by atoms with Gasteiger partial charge in [0.2, 0.25) is 15.9 Å². The number of hydrogen-bond acceptors (Lipinski definition) is 3. The number of likely N-dealkylation sites (N-methyl/N-ethyl adjacent to an activating group) is 1. The number of nitrogens with zero attached hydrogens (tertiary/aromatic N) is 1. The molecule has 2 aromatic carbocycles. The lowest BCUT2D eigenvalue weighted by molar-refractivity contribution is -0.124. The molecular formula is C21H26N2O3S. The second kappa shape index (κ2) is 7.82. The van der Waals surface area contributed by atoms with Crippen LogP contribution in [0.4, 0.5) is 0 Å². The molecule has 3 rings (SSSR count). The summed E-state index contributed by atoms with van der Waals surface area (Å²) in [5.41, 5.74) is 3.07. The third kappa shape index (κ3) is 3.77. The van der Waals surface area contributed by atoms with Crippen molar-refractivity contribution in [2.24, 2.45) is 0 Å². The molecule has 1 amide bonds. The summed E-state index contributed by atoms with van der Waals surface area (Å²) in [5, 5.41) is 2.61. The summed E-state index contributed by atoms with van der Waals surface area (Å²) >= 11 is 0. The molecule has 1 aliphatic heterocycles. The smallest absolute Gasteiger partial charge is 0.244 e. The van der Waals surface area contributed by atoms with E-state index in [9.17, 15) is 13.2 Å². The van der Waals surface area contributed by atoms with Crippen molar-refractivity contribution in [3.63, 3.8) is 0 Å². The zero-order valence-electron chi connectivity index (χ0n) is 16.0. The number of hydrogen-bond donors (Lipinski definition) is 1. The summed E-state index contributed by atoms with van der Waals surface area (Å²) in [6.07, 6.45) is 1.37. The average molecular weight is 387 g/mol. The number of benzene rings is 2. The molecule has 0 saturated carbocycles. The van der Waals surface area contributed by atoms with Gasteiger partial charge in [-0.3, -0.25) is 4.79 Å². The van der Waals surface area contributed by atoms with Crippen LogP contribution in [0.5, 0.6) is 0 Å². The molecule has 2 atom stereocenters. The van der Waals surface area contributed by atoms with Gasteiger partial charge >= 0.3 is 0 Å². The van der Waals surface area contributed by atoms with Crippen LogP contribution in [0.25, 0.3) is 0 Å². The fraction of sp³-hybridized carbons (Fsp3) is 0.381. The molecular weight excluding hydrogens is 360 g/mol. The minimum atomic E-state index is -3.79. The van der Waals surface area contributed by atoms with E-state index in [-0.39, 0.29) is 17.3 Å². The van der Waals surface area contributed by atoms with Crippen molar-refractivity contribution in [2.75, 3.05) is 7.05 Å². The maximum atomic E-state index is 13.3. The number of carbonyl (C=O) groups is 1. The Morgan fingerprint density at radius 1 is 1.15 bits per heavy atom. The molecule has 0 unspecified atom stereocenters. The topological polar surface area (TPSA) is 66.5 Å². The van der Waals surface area contributed by atoms with E-state index < -0.39 is 16.1 Å². The van der Waals surface area contributed by atoms with Crippen molar-refractivity contribution in [3.8, 4) is 0 Å². The van der Waals surface area contributed by atoms with E-state index in [1.54, 1.807) is 12.1 Å². The van der Waals surface area contributed by atoms with Gasteiger partial charge in [0, 0.05) is 13.6 Å². The van der Waals surface area contributed by atoms with Crippen LogP contribution in [-0.4, -0.2) is 31.7 Å². The molecule has 5 nitrogen and oxygen atoms in total. The van der Waals surface area contributed by atoms with Crippen LogP contribution in [-0.2, 0) is 27.8 Å². The molecule has 1 N–H and O–H groups in total. The highest BCUT2D eigenvalue weighted by molar-refractivity contribution is 7.89. The molecule has 0 aliphatic carbocycles. The summed E-state index contributed by atoms with van der Waals surface area (Å²) in [5.74, 6) is 0.0894. The van der Waals surface area contributed by atoms with Gasteiger partial charge in [0.05, 0.1) is 4.90 Å². The summed E-state index contributed by atoms with van der Waals surface area (Å²) < 4.78 is 28.0. The van der Waals surface area contributed by atoms with E-state index in [4.69, 9.17) is 0 Å². The highest BCUT2D eigenvalue weighted by atomic mass is 32.2. The fourth-order valence-electron chi connectivity index (χ4n) is 3.48. The molecule has 0 radical (unpaired) electrons. The number of amides is 1. The van der Waals surface area contributed by atoms with Crippen molar-refractivity contribution in [1.82, 2.24) is 9.62 Å². The lowest BCUT2D eigenvalue weighted by Gasteiger charge is -2.34. The number of fused-ring (bicyclic) bond motifs is 1. The van der Waals surface area contributed by atoms with Crippen LogP contribution in [0.1, 0.15) is 42.9 Å². The summed E-state index contributed by atoms with van der Waals surface area (Å²) in [4.78, 5) is 12.7. The van der Waals surface area contributed by atoms with Crippen molar-refractivity contribution < 1.29 is 13.2 Å². The molecule has 0 spiro atoms. The Labute approximate surface area is 161 Å². The fourth-order valence-corrected chi connectivity index (χ4v) is 5.05. The minimum Gasteiger partial charge on any atom is -0.358 e. The Hall–Kier alpha value is -2.18. The Bertz CT molecular complexity index is 923. The van der Waals surface area contributed by atoms with Gasteiger partial charge in [-0.05, 0) is 47.6 Å². The molecule has 1 heterocycles. The average Bonchev–Trinajstić information content (AvgIpc) is 2.71. The zero-order chi connectivity index (χ0) is 19.6. The van der Waals surface area contributed by atoms with Crippen LogP contribution in [0, 0.1) is 0 Å². The lowest BCUT2D eigenvalue weighted by atomic mass is 9.95. The normalized spacial score (nSPS) is 18.6. The SMILES string of the molecule is CC[C@@H](C)c1ccc(S(=O)(=O)N2Cc3ccccc3C[C@H]2C(=O)NC)cc1. The highest BCUT2D eigenvalue weighted by Crippen LogP contribution is 2.30. The Morgan fingerprint density at radius 3 is 2.37 bits per heavy atom. The van der Waals surface area contributed by atoms with E-state index in [0.717, 1.165) is 23.1 Å². The Morgan fingerprint density at radius 2 is 1.78 bits per heavy atom. The van der Waals surface area contributed by atoms with Crippen LogP contribution >= 0.6 is 0 Å². The Kier molecular flexibility index (Phi) is 5.67. The predicted molar refractivity (Wildman–Crippen MR) is 106 cm³/mol. The van der Waals surface area contributed by atoms with E-state index in [1.807, 2.05) is 36.4 Å². The van der Waals surface area contributed by atoms with Crippen molar-refractivity contribution in [1.29, 1.82) is 0 Å². The summed E-state index contributed by atoms with van der Waals surface area (Å²) in [7, 11) is -2.25. The van der Waals surface area contributed by atoms with Crippen molar-refractivity contribution in [2.45, 2.75) is 50.1 Å².